The van der Waals surface area contributed by atoms with Crippen molar-refractivity contribution in [2.75, 3.05) is 0 Å². The van der Waals surface area contributed by atoms with Crippen molar-refractivity contribution in [1.29, 1.82) is 0 Å². The molecule has 1 saturated heterocycles. The van der Waals surface area contributed by atoms with E-state index in [0.717, 1.165) is 0 Å². The highest BCUT2D eigenvalue weighted by molar-refractivity contribution is 6.39. The second kappa shape index (κ2) is 4.44. The van der Waals surface area contributed by atoms with E-state index < -0.39 is 17.3 Å². The molecule has 0 radical (unpaired) electrons. The molecule has 1 aromatic rings. The summed E-state index contributed by atoms with van der Waals surface area (Å²) in [7, 11) is 3.36. The molecular weight excluding hydrogens is 234 g/mol. The molecule has 0 aliphatic carbocycles. The quantitative estimate of drug-likeness (QED) is 0.565. The van der Waals surface area contributed by atoms with E-state index in [9.17, 15) is 14.7 Å². The third-order valence-corrected chi connectivity index (χ3v) is 3.24. The molecule has 1 aliphatic heterocycles. The Labute approximate surface area is 106 Å². The van der Waals surface area contributed by atoms with E-state index in [0.29, 0.717) is 18.4 Å². The highest BCUT2D eigenvalue weighted by Crippen LogP contribution is 2.30. The molecule has 96 valence electrons. The van der Waals surface area contributed by atoms with Crippen LogP contribution in [0.25, 0.3) is 0 Å². The number of H-pyrrole nitrogens is 1. The van der Waals surface area contributed by atoms with Crippen molar-refractivity contribution in [2.24, 2.45) is 0 Å². The zero-order chi connectivity index (χ0) is 13.5. The molecule has 2 unspecified atom stereocenters. The second-order valence-corrected chi connectivity index (χ2v) is 5.29. The zero-order valence-corrected chi connectivity index (χ0v) is 10.8. The van der Waals surface area contributed by atoms with Gasteiger partial charge in [0.25, 0.3) is 5.56 Å². The molecular formula is C10H16B2N2O4. The van der Waals surface area contributed by atoms with Crippen LogP contribution in [0.4, 0.5) is 0 Å². The standard InChI is InChI=1S/C10H16B2N2O4/c1-5-4-14(9(16)13-8(5)15)7-3-2-6(18-7)10(11,12)17/h4,6-7,17H,2-3,11-12H2,1H3,(H,13,15,16). The van der Waals surface area contributed by atoms with Crippen LogP contribution >= 0.6 is 0 Å². The number of aromatic amines is 1. The van der Waals surface area contributed by atoms with Crippen LogP contribution in [0.2, 0.25) is 0 Å². The second-order valence-electron chi connectivity index (χ2n) is 5.29. The van der Waals surface area contributed by atoms with E-state index in [4.69, 9.17) is 4.74 Å². The largest absolute Gasteiger partial charge is 0.405 e. The van der Waals surface area contributed by atoms with Crippen molar-refractivity contribution < 1.29 is 9.84 Å². The number of nitrogens with zero attached hydrogens (tertiary/aromatic N) is 1. The molecule has 8 heteroatoms. The normalized spacial score (nSPS) is 24.3. The summed E-state index contributed by atoms with van der Waals surface area (Å²) >= 11 is 0. The first-order chi connectivity index (χ1) is 8.29. The fourth-order valence-electron chi connectivity index (χ4n) is 2.14. The van der Waals surface area contributed by atoms with Crippen LogP contribution in [0.3, 0.4) is 0 Å². The third kappa shape index (κ3) is 2.44. The lowest BCUT2D eigenvalue weighted by molar-refractivity contribution is -0.0503. The van der Waals surface area contributed by atoms with Gasteiger partial charge in [-0.15, -0.1) is 0 Å². The lowest BCUT2D eigenvalue weighted by Gasteiger charge is -2.26. The molecule has 0 saturated carbocycles. The van der Waals surface area contributed by atoms with Gasteiger partial charge in [0.2, 0.25) is 0 Å². The maximum atomic E-state index is 11.7. The molecule has 1 fully saturated rings. The number of nitrogens with one attached hydrogen (secondary N) is 1. The Balaban J connectivity index is 2.28. The number of hydrogen-bond acceptors (Lipinski definition) is 4. The molecule has 1 aliphatic rings. The summed E-state index contributed by atoms with van der Waals surface area (Å²) in [6.07, 6.45) is 2.09. The van der Waals surface area contributed by atoms with Crippen LogP contribution in [0.1, 0.15) is 24.6 Å². The highest BCUT2D eigenvalue weighted by Gasteiger charge is 2.36. The van der Waals surface area contributed by atoms with Crippen molar-refractivity contribution >= 4 is 15.7 Å². The van der Waals surface area contributed by atoms with Crippen LogP contribution in [0, 0.1) is 6.92 Å². The first kappa shape index (κ1) is 13.2. The van der Waals surface area contributed by atoms with Crippen LogP contribution in [-0.4, -0.2) is 41.9 Å². The van der Waals surface area contributed by atoms with Gasteiger partial charge in [0.1, 0.15) is 21.9 Å². The first-order valence-corrected chi connectivity index (χ1v) is 5.99. The predicted octanol–water partition coefficient (Wildman–Crippen LogP) is -2.57. The lowest BCUT2D eigenvalue weighted by Crippen LogP contribution is -2.43. The Kier molecular flexibility index (Phi) is 3.25. The van der Waals surface area contributed by atoms with Crippen LogP contribution < -0.4 is 11.2 Å². The monoisotopic (exact) mass is 250 g/mol. The van der Waals surface area contributed by atoms with Gasteiger partial charge in [-0.2, -0.15) is 0 Å². The lowest BCUT2D eigenvalue weighted by atomic mass is 9.61. The summed E-state index contributed by atoms with van der Waals surface area (Å²) in [5, 5.41) is 8.94. The Morgan fingerprint density at radius 3 is 2.72 bits per heavy atom. The van der Waals surface area contributed by atoms with Crippen LogP contribution in [-0.2, 0) is 4.74 Å². The molecule has 6 nitrogen and oxygen atoms in total. The average Bonchev–Trinajstić information content (AvgIpc) is 2.72. The predicted molar refractivity (Wildman–Crippen MR) is 71.2 cm³/mol. The smallest absolute Gasteiger partial charge is 0.330 e. The Morgan fingerprint density at radius 2 is 2.17 bits per heavy atom. The molecule has 2 atom stereocenters. The Morgan fingerprint density at radius 1 is 1.50 bits per heavy atom. The van der Waals surface area contributed by atoms with Crippen molar-refractivity contribution in [3.8, 4) is 0 Å². The molecule has 2 rings (SSSR count). The maximum absolute atomic E-state index is 11.7. The van der Waals surface area contributed by atoms with Gasteiger partial charge in [-0.05, 0) is 19.8 Å². The van der Waals surface area contributed by atoms with Gasteiger partial charge >= 0.3 is 5.69 Å². The molecule has 1 aromatic heterocycles. The maximum Gasteiger partial charge on any atom is 0.330 e. The fraction of sp³-hybridized carbons (Fsp3) is 0.600. The molecule has 0 spiro atoms. The minimum Gasteiger partial charge on any atom is -0.405 e. The number of aliphatic hydroxyl groups is 1. The van der Waals surface area contributed by atoms with Crippen molar-refractivity contribution in [3.63, 3.8) is 0 Å². The van der Waals surface area contributed by atoms with E-state index in [1.165, 1.54) is 10.8 Å². The molecule has 2 heterocycles. The van der Waals surface area contributed by atoms with E-state index in [2.05, 4.69) is 4.98 Å². The van der Waals surface area contributed by atoms with E-state index in [1.54, 1.807) is 22.6 Å². The molecule has 0 aromatic carbocycles. The van der Waals surface area contributed by atoms with Gasteiger partial charge in [-0.1, -0.05) is 0 Å². The van der Waals surface area contributed by atoms with Crippen molar-refractivity contribution in [2.45, 2.75) is 37.5 Å². The SMILES string of the molecule is BC(B)(O)C1CCC(n2cc(C)c(=O)[nH]c2=O)O1. The summed E-state index contributed by atoms with van der Waals surface area (Å²) in [4.78, 5) is 25.2. The number of aromatic nitrogens is 2. The number of rotatable bonds is 2. The van der Waals surface area contributed by atoms with Crippen LogP contribution in [0.15, 0.2) is 15.8 Å². The van der Waals surface area contributed by atoms with Gasteiger partial charge in [0.15, 0.2) is 0 Å². The summed E-state index contributed by atoms with van der Waals surface area (Å²) in [5.41, 5.74) is -0.398. The minimum atomic E-state index is -0.935. The molecule has 2 N–H and O–H groups in total. The summed E-state index contributed by atoms with van der Waals surface area (Å²) in [6, 6.07) is 0. The van der Waals surface area contributed by atoms with Gasteiger partial charge in [0.05, 0.1) is 6.10 Å². The number of aryl methyl sites for hydroxylation is 1. The van der Waals surface area contributed by atoms with Gasteiger partial charge in [-0.3, -0.25) is 14.3 Å². The minimum absolute atomic E-state index is 0.304. The van der Waals surface area contributed by atoms with E-state index >= 15 is 0 Å². The highest BCUT2D eigenvalue weighted by atomic mass is 16.5. The number of ether oxygens (including phenoxy) is 1. The Hall–Kier alpha value is -1.27. The van der Waals surface area contributed by atoms with Gasteiger partial charge < -0.3 is 9.84 Å². The fourth-order valence-corrected chi connectivity index (χ4v) is 2.14. The first-order valence-electron chi connectivity index (χ1n) is 5.99. The average molecular weight is 250 g/mol. The molecule has 0 amide bonds. The van der Waals surface area contributed by atoms with Crippen LogP contribution in [0.5, 0.6) is 0 Å². The number of hydrogen-bond donors (Lipinski definition) is 2. The van der Waals surface area contributed by atoms with Gasteiger partial charge in [-0.25, -0.2) is 4.79 Å². The third-order valence-electron chi connectivity index (χ3n) is 3.24. The van der Waals surface area contributed by atoms with Gasteiger partial charge in [0, 0.05) is 17.2 Å². The van der Waals surface area contributed by atoms with E-state index in [-0.39, 0.29) is 11.7 Å². The molecule has 18 heavy (non-hydrogen) atoms. The summed E-state index contributed by atoms with van der Waals surface area (Å²) in [5.74, 6) is 0. The summed E-state index contributed by atoms with van der Waals surface area (Å²) < 4.78 is 7.06. The summed E-state index contributed by atoms with van der Waals surface area (Å²) in [6.45, 7) is 1.64. The van der Waals surface area contributed by atoms with E-state index in [1.807, 2.05) is 0 Å². The van der Waals surface area contributed by atoms with Crippen molar-refractivity contribution in [3.05, 3.63) is 32.6 Å². The van der Waals surface area contributed by atoms with Crippen molar-refractivity contribution in [1.82, 2.24) is 9.55 Å². The topological polar surface area (TPSA) is 84.3 Å². The molecule has 0 bridgehead atoms. The zero-order valence-electron chi connectivity index (χ0n) is 10.8. The Bertz CT molecular complexity index is 560.